The Bertz CT molecular complexity index is 2820. The molecule has 3 heteroatoms. The maximum Gasteiger partial charge on any atom is 0.136 e. The molecule has 0 N–H and O–H groups in total. The van der Waals surface area contributed by atoms with Crippen LogP contribution < -0.4 is 4.90 Å². The standard InChI is InChI=1S/C46H29NOS/c1-2-12-35-30(10-1)11-7-15-36(35)31-22-26-33(27-23-31)47(41-18-8-17-39-38-13-4-6-21-44(38)49-46(39)41)34-28-24-32(25-29-34)37-16-9-20-43-45(37)40-14-3-5-19-42(40)48-43/h1-29H. The summed E-state index contributed by atoms with van der Waals surface area (Å²) >= 11 is 1.86. The number of anilines is 3. The fraction of sp³-hybridized carbons (Fsp3) is 0. The van der Waals surface area contributed by atoms with E-state index in [2.05, 4.69) is 169 Å². The van der Waals surface area contributed by atoms with Gasteiger partial charge >= 0.3 is 0 Å². The van der Waals surface area contributed by atoms with Gasteiger partial charge in [0, 0.05) is 37.6 Å². The van der Waals surface area contributed by atoms with E-state index in [0.29, 0.717) is 0 Å². The minimum absolute atomic E-state index is 0.909. The van der Waals surface area contributed by atoms with Crippen LogP contribution in [0.3, 0.4) is 0 Å². The SMILES string of the molecule is c1ccc2c(-c3ccc(N(c4ccc(-c5cccc6oc7ccccc7c56)cc4)c4cccc5c4sc4ccccc45)cc3)cccc2c1. The summed E-state index contributed by atoms with van der Waals surface area (Å²) in [5.41, 5.74) is 10.00. The van der Waals surface area contributed by atoms with Crippen molar-refractivity contribution in [1.82, 2.24) is 0 Å². The summed E-state index contributed by atoms with van der Waals surface area (Å²) in [7, 11) is 0. The molecular weight excluding hydrogens is 615 g/mol. The van der Waals surface area contributed by atoms with E-state index in [4.69, 9.17) is 4.42 Å². The zero-order valence-electron chi connectivity index (χ0n) is 26.5. The zero-order valence-corrected chi connectivity index (χ0v) is 27.3. The molecule has 8 aromatic carbocycles. The van der Waals surface area contributed by atoms with Crippen LogP contribution in [0.2, 0.25) is 0 Å². The van der Waals surface area contributed by atoms with Crippen molar-refractivity contribution < 1.29 is 4.42 Å². The van der Waals surface area contributed by atoms with Gasteiger partial charge in [0.1, 0.15) is 11.2 Å². The van der Waals surface area contributed by atoms with E-state index in [1.807, 2.05) is 23.5 Å². The Balaban J connectivity index is 1.13. The van der Waals surface area contributed by atoms with Crippen molar-refractivity contribution >= 4 is 81.3 Å². The van der Waals surface area contributed by atoms with Gasteiger partial charge in [-0.25, -0.2) is 0 Å². The Kier molecular flexibility index (Phi) is 6.39. The third-order valence-corrected chi connectivity index (χ3v) is 10.9. The second-order valence-corrected chi connectivity index (χ2v) is 13.5. The number of para-hydroxylation sites is 1. The van der Waals surface area contributed by atoms with Crippen molar-refractivity contribution in [3.8, 4) is 22.3 Å². The maximum absolute atomic E-state index is 6.22. The molecule has 2 nitrogen and oxygen atoms in total. The van der Waals surface area contributed by atoms with Crippen LogP contribution in [-0.4, -0.2) is 0 Å². The van der Waals surface area contributed by atoms with E-state index in [1.54, 1.807) is 0 Å². The van der Waals surface area contributed by atoms with Gasteiger partial charge in [-0.2, -0.15) is 0 Å². The van der Waals surface area contributed by atoms with Crippen molar-refractivity contribution in [2.75, 3.05) is 4.90 Å². The Hall–Kier alpha value is -6.16. The molecule has 10 aromatic rings. The first-order chi connectivity index (χ1) is 24.3. The Morgan fingerprint density at radius 3 is 1.80 bits per heavy atom. The molecule has 0 unspecified atom stereocenters. The minimum Gasteiger partial charge on any atom is -0.456 e. The van der Waals surface area contributed by atoms with Gasteiger partial charge in [-0.3, -0.25) is 0 Å². The topological polar surface area (TPSA) is 16.4 Å². The van der Waals surface area contributed by atoms with E-state index >= 15 is 0 Å². The summed E-state index contributed by atoms with van der Waals surface area (Å²) in [5.74, 6) is 0. The van der Waals surface area contributed by atoms with Gasteiger partial charge < -0.3 is 9.32 Å². The number of fused-ring (bicyclic) bond motifs is 7. The van der Waals surface area contributed by atoms with Gasteiger partial charge in [-0.15, -0.1) is 11.3 Å². The molecular formula is C46H29NOS. The number of hydrogen-bond acceptors (Lipinski definition) is 3. The minimum atomic E-state index is 0.909. The van der Waals surface area contributed by atoms with Crippen molar-refractivity contribution in [2.45, 2.75) is 0 Å². The molecule has 10 rings (SSSR count). The molecule has 0 saturated heterocycles. The van der Waals surface area contributed by atoms with Crippen molar-refractivity contribution in [3.63, 3.8) is 0 Å². The Morgan fingerprint density at radius 1 is 0.408 bits per heavy atom. The van der Waals surface area contributed by atoms with Crippen molar-refractivity contribution in [1.29, 1.82) is 0 Å². The molecule has 2 heterocycles. The van der Waals surface area contributed by atoms with Gasteiger partial charge in [0.25, 0.3) is 0 Å². The highest BCUT2D eigenvalue weighted by Gasteiger charge is 2.19. The summed E-state index contributed by atoms with van der Waals surface area (Å²) < 4.78 is 8.79. The fourth-order valence-electron chi connectivity index (χ4n) is 7.41. The molecule has 0 aliphatic heterocycles. The predicted molar refractivity (Wildman–Crippen MR) is 210 cm³/mol. The summed E-state index contributed by atoms with van der Waals surface area (Å²) in [6.07, 6.45) is 0. The smallest absolute Gasteiger partial charge is 0.136 e. The molecule has 0 atom stereocenters. The lowest BCUT2D eigenvalue weighted by Gasteiger charge is -2.26. The maximum atomic E-state index is 6.22. The summed E-state index contributed by atoms with van der Waals surface area (Å²) in [5, 5.41) is 7.39. The Labute approximate surface area is 287 Å². The monoisotopic (exact) mass is 643 g/mol. The molecule has 0 saturated carbocycles. The zero-order chi connectivity index (χ0) is 32.3. The van der Waals surface area contributed by atoms with E-state index < -0.39 is 0 Å². The molecule has 0 bridgehead atoms. The van der Waals surface area contributed by atoms with E-state index in [1.165, 1.54) is 53.3 Å². The lowest BCUT2D eigenvalue weighted by molar-refractivity contribution is 0.669. The number of furan rings is 1. The van der Waals surface area contributed by atoms with Gasteiger partial charge in [-0.05, 0) is 81.6 Å². The summed E-state index contributed by atoms with van der Waals surface area (Å²) in [6.45, 7) is 0. The molecule has 0 spiro atoms. The van der Waals surface area contributed by atoms with E-state index in [-0.39, 0.29) is 0 Å². The van der Waals surface area contributed by atoms with Crippen LogP contribution in [0.15, 0.2) is 180 Å². The highest BCUT2D eigenvalue weighted by atomic mass is 32.1. The van der Waals surface area contributed by atoms with Crippen LogP contribution >= 0.6 is 11.3 Å². The summed E-state index contributed by atoms with van der Waals surface area (Å²) in [6, 6.07) is 63.2. The molecule has 0 fully saturated rings. The van der Waals surface area contributed by atoms with Gasteiger partial charge in [0.15, 0.2) is 0 Å². The van der Waals surface area contributed by atoms with Crippen LogP contribution in [0.4, 0.5) is 17.1 Å². The molecule has 0 amide bonds. The lowest BCUT2D eigenvalue weighted by Crippen LogP contribution is -2.10. The quantitative estimate of drug-likeness (QED) is 0.186. The van der Waals surface area contributed by atoms with Gasteiger partial charge in [0.2, 0.25) is 0 Å². The molecule has 0 aliphatic rings. The fourth-order valence-corrected chi connectivity index (χ4v) is 8.61. The second-order valence-electron chi connectivity index (χ2n) is 12.5. The molecule has 0 radical (unpaired) electrons. The highest BCUT2D eigenvalue weighted by Crippen LogP contribution is 2.46. The third kappa shape index (κ3) is 4.55. The van der Waals surface area contributed by atoms with Crippen molar-refractivity contribution in [3.05, 3.63) is 176 Å². The number of benzene rings is 8. The average molecular weight is 644 g/mol. The van der Waals surface area contributed by atoms with E-state index in [0.717, 1.165) is 38.9 Å². The molecule has 230 valence electrons. The molecule has 0 aliphatic carbocycles. The van der Waals surface area contributed by atoms with E-state index in [9.17, 15) is 0 Å². The van der Waals surface area contributed by atoms with Crippen LogP contribution in [0.1, 0.15) is 0 Å². The average Bonchev–Trinajstić information content (AvgIpc) is 3.75. The largest absolute Gasteiger partial charge is 0.456 e. The lowest BCUT2D eigenvalue weighted by atomic mass is 9.97. The number of rotatable bonds is 5. The van der Waals surface area contributed by atoms with Crippen LogP contribution in [0, 0.1) is 0 Å². The molecule has 49 heavy (non-hydrogen) atoms. The van der Waals surface area contributed by atoms with Gasteiger partial charge in [0.05, 0.1) is 10.4 Å². The first kappa shape index (κ1) is 27.9. The number of nitrogens with zero attached hydrogens (tertiary/aromatic N) is 1. The normalized spacial score (nSPS) is 11.7. The van der Waals surface area contributed by atoms with Crippen molar-refractivity contribution in [2.24, 2.45) is 0 Å². The van der Waals surface area contributed by atoms with Crippen LogP contribution in [0.25, 0.3) is 75.1 Å². The number of hydrogen-bond donors (Lipinski definition) is 0. The van der Waals surface area contributed by atoms with Crippen LogP contribution in [0.5, 0.6) is 0 Å². The first-order valence-electron chi connectivity index (χ1n) is 16.6. The summed E-state index contributed by atoms with van der Waals surface area (Å²) in [4.78, 5) is 2.40. The molecule has 2 aromatic heterocycles. The van der Waals surface area contributed by atoms with Crippen LogP contribution in [-0.2, 0) is 0 Å². The number of thiophene rings is 1. The second kappa shape index (κ2) is 11.2. The van der Waals surface area contributed by atoms with Gasteiger partial charge in [-0.1, -0.05) is 127 Å². The highest BCUT2D eigenvalue weighted by molar-refractivity contribution is 7.26. The first-order valence-corrected chi connectivity index (χ1v) is 17.4. The Morgan fingerprint density at radius 2 is 0.980 bits per heavy atom. The predicted octanol–water partition coefficient (Wildman–Crippen LogP) is 13.9. The third-order valence-electron chi connectivity index (χ3n) is 9.69.